The van der Waals surface area contributed by atoms with Crippen molar-refractivity contribution in [3.05, 3.63) is 83.3 Å². The van der Waals surface area contributed by atoms with Gasteiger partial charge in [-0.05, 0) is 56.0 Å². The molecule has 1 amide bonds. The minimum atomic E-state index is -0.257. The molecule has 0 aliphatic carbocycles. The summed E-state index contributed by atoms with van der Waals surface area (Å²) in [6.45, 7) is 5.16. The van der Waals surface area contributed by atoms with Crippen LogP contribution in [0.2, 0.25) is 0 Å². The van der Waals surface area contributed by atoms with Crippen molar-refractivity contribution in [3.63, 3.8) is 0 Å². The number of hydrogen-bond donors (Lipinski definition) is 0. The lowest BCUT2D eigenvalue weighted by Crippen LogP contribution is -2.31. The molecule has 1 fully saturated rings. The smallest absolute Gasteiger partial charge is 0.410 e. The molecule has 1 atom stereocenters. The third-order valence-corrected chi connectivity index (χ3v) is 5.35. The van der Waals surface area contributed by atoms with Crippen LogP contribution in [0.4, 0.5) is 4.79 Å². The number of likely N-dealkylation sites (tertiary alicyclic amines) is 1. The second-order valence-electron chi connectivity index (χ2n) is 7.29. The molecule has 0 N–H and O–H groups in total. The van der Waals surface area contributed by atoms with Crippen LogP contribution >= 0.6 is 0 Å². The molecule has 144 valence electrons. The van der Waals surface area contributed by atoms with Gasteiger partial charge in [0.2, 0.25) is 0 Å². The van der Waals surface area contributed by atoms with E-state index in [-0.39, 0.29) is 12.1 Å². The minimum absolute atomic E-state index is 0.0247. The topological polar surface area (TPSA) is 47.4 Å². The van der Waals surface area contributed by atoms with Gasteiger partial charge >= 0.3 is 6.09 Å². The molecule has 1 saturated heterocycles. The van der Waals surface area contributed by atoms with Crippen LogP contribution in [-0.2, 0) is 11.3 Å². The molecule has 2 aromatic heterocycles. The summed E-state index contributed by atoms with van der Waals surface area (Å²) < 4.78 is 7.67. The van der Waals surface area contributed by atoms with E-state index < -0.39 is 0 Å². The fraction of sp³-hybridized carbons (Fsp3) is 0.304. The summed E-state index contributed by atoms with van der Waals surface area (Å²) in [5.74, 6) is 0.903. The van der Waals surface area contributed by atoms with Crippen LogP contribution < -0.4 is 0 Å². The van der Waals surface area contributed by atoms with E-state index in [1.807, 2.05) is 47.5 Å². The second-order valence-corrected chi connectivity index (χ2v) is 7.29. The van der Waals surface area contributed by atoms with Crippen molar-refractivity contribution in [2.24, 2.45) is 0 Å². The molecule has 5 heteroatoms. The van der Waals surface area contributed by atoms with Crippen molar-refractivity contribution in [2.45, 2.75) is 39.3 Å². The van der Waals surface area contributed by atoms with E-state index in [1.54, 1.807) is 0 Å². The van der Waals surface area contributed by atoms with Gasteiger partial charge in [-0.25, -0.2) is 9.78 Å². The van der Waals surface area contributed by atoms with Crippen molar-refractivity contribution in [2.75, 3.05) is 6.54 Å². The van der Waals surface area contributed by atoms with E-state index >= 15 is 0 Å². The summed E-state index contributed by atoms with van der Waals surface area (Å²) in [6.07, 6.45) is 3.54. The van der Waals surface area contributed by atoms with Crippen molar-refractivity contribution in [3.8, 4) is 5.82 Å². The van der Waals surface area contributed by atoms with Crippen LogP contribution in [0.25, 0.3) is 5.82 Å². The lowest BCUT2D eigenvalue weighted by atomic mass is 10.1. The zero-order valence-corrected chi connectivity index (χ0v) is 16.3. The van der Waals surface area contributed by atoms with Crippen molar-refractivity contribution < 1.29 is 9.53 Å². The maximum absolute atomic E-state index is 12.6. The SMILES string of the molecule is Cc1ccc(C)n1-c1ccc([C@@H]2CCCN2C(=O)OCc2ccccc2)cn1. The second kappa shape index (κ2) is 7.89. The molecule has 0 unspecified atom stereocenters. The fourth-order valence-corrected chi connectivity index (χ4v) is 3.89. The number of benzene rings is 1. The van der Waals surface area contributed by atoms with Gasteiger partial charge in [-0.1, -0.05) is 36.4 Å². The highest BCUT2D eigenvalue weighted by molar-refractivity contribution is 5.68. The van der Waals surface area contributed by atoms with Crippen molar-refractivity contribution in [1.82, 2.24) is 14.5 Å². The number of rotatable bonds is 4. The molecule has 0 radical (unpaired) electrons. The highest BCUT2D eigenvalue weighted by Gasteiger charge is 2.31. The van der Waals surface area contributed by atoms with E-state index in [0.29, 0.717) is 6.61 Å². The van der Waals surface area contributed by atoms with E-state index in [2.05, 4.69) is 41.6 Å². The van der Waals surface area contributed by atoms with Gasteiger partial charge in [-0.2, -0.15) is 0 Å². The quantitative estimate of drug-likeness (QED) is 0.647. The zero-order chi connectivity index (χ0) is 19.5. The number of carbonyl (C=O) groups is 1. The monoisotopic (exact) mass is 375 g/mol. The van der Waals surface area contributed by atoms with Crippen LogP contribution in [0.3, 0.4) is 0 Å². The first-order valence-electron chi connectivity index (χ1n) is 9.72. The van der Waals surface area contributed by atoms with Gasteiger partial charge in [0, 0.05) is 24.1 Å². The zero-order valence-electron chi connectivity index (χ0n) is 16.3. The molecule has 0 saturated carbocycles. The molecule has 4 rings (SSSR count). The van der Waals surface area contributed by atoms with Crippen LogP contribution in [-0.4, -0.2) is 27.1 Å². The van der Waals surface area contributed by atoms with E-state index in [0.717, 1.165) is 47.7 Å². The lowest BCUT2D eigenvalue weighted by molar-refractivity contribution is 0.0920. The Morgan fingerprint density at radius 2 is 1.82 bits per heavy atom. The number of carbonyl (C=O) groups excluding carboxylic acids is 1. The molecule has 0 spiro atoms. The Bertz CT molecular complexity index is 928. The Morgan fingerprint density at radius 1 is 1.07 bits per heavy atom. The van der Waals surface area contributed by atoms with Gasteiger partial charge in [0.05, 0.1) is 6.04 Å². The van der Waals surface area contributed by atoms with Gasteiger partial charge in [0.1, 0.15) is 12.4 Å². The minimum Gasteiger partial charge on any atom is -0.445 e. The average Bonchev–Trinajstić information content (AvgIpc) is 3.34. The Kier molecular flexibility index (Phi) is 5.15. The first-order valence-corrected chi connectivity index (χ1v) is 9.72. The van der Waals surface area contributed by atoms with Crippen LogP contribution in [0, 0.1) is 13.8 Å². The molecular weight excluding hydrogens is 350 g/mol. The Hall–Kier alpha value is -3.08. The number of nitrogens with zero attached hydrogens (tertiary/aromatic N) is 3. The van der Waals surface area contributed by atoms with E-state index in [1.165, 1.54) is 0 Å². The van der Waals surface area contributed by atoms with Crippen molar-refractivity contribution in [1.29, 1.82) is 0 Å². The molecule has 5 nitrogen and oxygen atoms in total. The summed E-state index contributed by atoms with van der Waals surface area (Å²) in [5.41, 5.74) is 4.37. The highest BCUT2D eigenvalue weighted by atomic mass is 16.6. The van der Waals surface area contributed by atoms with E-state index in [4.69, 9.17) is 4.74 Å². The van der Waals surface area contributed by atoms with Crippen LogP contribution in [0.1, 0.15) is 41.4 Å². The third kappa shape index (κ3) is 3.65. The molecule has 1 aromatic carbocycles. The first kappa shape index (κ1) is 18.3. The van der Waals surface area contributed by atoms with Gasteiger partial charge in [0.15, 0.2) is 0 Å². The molecule has 1 aliphatic rings. The summed E-state index contributed by atoms with van der Waals surface area (Å²) in [6, 6.07) is 18.1. The molecule has 3 heterocycles. The van der Waals surface area contributed by atoms with Crippen LogP contribution in [0.15, 0.2) is 60.8 Å². The Labute approximate surface area is 165 Å². The Morgan fingerprint density at radius 3 is 2.50 bits per heavy atom. The molecular formula is C23H25N3O2. The summed E-state index contributed by atoms with van der Waals surface area (Å²) >= 11 is 0. The maximum Gasteiger partial charge on any atom is 0.410 e. The number of aromatic nitrogens is 2. The number of amides is 1. The summed E-state index contributed by atoms with van der Waals surface area (Å²) in [4.78, 5) is 19.1. The standard InChI is InChI=1S/C23H25N3O2/c1-17-10-11-18(2)26(17)22-13-12-20(15-24-22)21-9-6-14-25(21)23(27)28-16-19-7-4-3-5-8-19/h3-5,7-8,10-13,15,21H,6,9,14,16H2,1-2H3/t21-/m0/s1. The number of ether oxygens (including phenoxy) is 1. The van der Waals surface area contributed by atoms with Gasteiger partial charge in [-0.15, -0.1) is 0 Å². The van der Waals surface area contributed by atoms with Crippen LogP contribution in [0.5, 0.6) is 0 Å². The van der Waals surface area contributed by atoms with Crippen molar-refractivity contribution >= 4 is 6.09 Å². The predicted octanol–water partition coefficient (Wildman–Crippen LogP) is 4.96. The number of hydrogen-bond acceptors (Lipinski definition) is 3. The Balaban J connectivity index is 1.46. The summed E-state index contributed by atoms with van der Waals surface area (Å²) in [5, 5.41) is 0. The maximum atomic E-state index is 12.6. The van der Waals surface area contributed by atoms with Gasteiger partial charge < -0.3 is 14.2 Å². The molecule has 28 heavy (non-hydrogen) atoms. The third-order valence-electron chi connectivity index (χ3n) is 5.35. The number of aryl methyl sites for hydroxylation is 2. The number of pyridine rings is 1. The highest BCUT2D eigenvalue weighted by Crippen LogP contribution is 2.32. The largest absolute Gasteiger partial charge is 0.445 e. The lowest BCUT2D eigenvalue weighted by Gasteiger charge is -2.24. The molecule has 1 aliphatic heterocycles. The van der Waals surface area contributed by atoms with Gasteiger partial charge in [-0.3, -0.25) is 0 Å². The first-order chi connectivity index (χ1) is 13.6. The molecule has 0 bridgehead atoms. The fourth-order valence-electron chi connectivity index (χ4n) is 3.89. The van der Waals surface area contributed by atoms with Gasteiger partial charge in [0.25, 0.3) is 0 Å². The molecule has 3 aromatic rings. The summed E-state index contributed by atoms with van der Waals surface area (Å²) in [7, 11) is 0. The average molecular weight is 375 g/mol. The normalized spacial score (nSPS) is 16.4. The predicted molar refractivity (Wildman–Crippen MR) is 108 cm³/mol. The van der Waals surface area contributed by atoms with E-state index in [9.17, 15) is 4.79 Å².